The second kappa shape index (κ2) is 13.9. The van der Waals surface area contributed by atoms with Crippen LogP contribution in [-0.2, 0) is 0 Å². The van der Waals surface area contributed by atoms with E-state index >= 15 is 0 Å². The van der Waals surface area contributed by atoms with Gasteiger partial charge in [-0.1, -0.05) is 133 Å². The van der Waals surface area contributed by atoms with Crippen LogP contribution >= 0.6 is 0 Å². The zero-order valence-corrected chi connectivity index (χ0v) is 27.3. The molecule has 0 saturated heterocycles. The summed E-state index contributed by atoms with van der Waals surface area (Å²) in [6, 6.07) is 54.1. The van der Waals surface area contributed by atoms with E-state index in [2.05, 4.69) is 121 Å². The zero-order valence-electron chi connectivity index (χ0n) is 27.3. The Labute approximate surface area is 295 Å². The lowest BCUT2D eigenvalue weighted by molar-refractivity contribution is 1.50. The summed E-state index contributed by atoms with van der Waals surface area (Å²) < 4.78 is 0. The van der Waals surface area contributed by atoms with Crippen LogP contribution in [0.15, 0.2) is 158 Å². The highest BCUT2D eigenvalue weighted by Crippen LogP contribution is 2.55. The van der Waals surface area contributed by atoms with Gasteiger partial charge in [0.15, 0.2) is 0 Å². The number of terminal acetylenes is 4. The van der Waals surface area contributed by atoms with Crippen LogP contribution in [0, 0.1) is 49.4 Å². The first-order valence-electron chi connectivity index (χ1n) is 16.3. The number of benzene rings is 7. The van der Waals surface area contributed by atoms with E-state index in [9.17, 15) is 0 Å². The van der Waals surface area contributed by atoms with Gasteiger partial charge in [0.1, 0.15) is 0 Å². The minimum atomic E-state index is 0.813. The molecule has 0 atom stereocenters. The highest BCUT2D eigenvalue weighted by molar-refractivity contribution is 6.15. The molecule has 0 heteroatoms. The fourth-order valence-electron chi connectivity index (χ4n) is 6.62. The van der Waals surface area contributed by atoms with E-state index in [-0.39, 0.29) is 0 Å². The van der Waals surface area contributed by atoms with E-state index in [0.29, 0.717) is 0 Å². The molecule has 0 N–H and O–H groups in total. The molecule has 7 aromatic carbocycles. The van der Waals surface area contributed by atoms with Crippen LogP contribution in [0.5, 0.6) is 0 Å². The summed E-state index contributed by atoms with van der Waals surface area (Å²) in [5.41, 5.74) is 16.0. The summed E-state index contributed by atoms with van der Waals surface area (Å²) in [5, 5.41) is 0. The first kappa shape index (κ1) is 31.4. The van der Waals surface area contributed by atoms with E-state index in [1.165, 1.54) is 0 Å². The second-order valence-corrected chi connectivity index (χ2v) is 11.9. The van der Waals surface area contributed by atoms with Crippen molar-refractivity contribution < 1.29 is 0 Å². The Balaban J connectivity index is 1.80. The monoisotopic (exact) mass is 630 g/mol. The summed E-state index contributed by atoms with van der Waals surface area (Å²) in [5.74, 6) is 11.1. The van der Waals surface area contributed by atoms with Gasteiger partial charge in [-0.3, -0.25) is 0 Å². The molecular weight excluding hydrogens is 601 g/mol. The largest absolute Gasteiger partial charge is 0.115 e. The molecule has 0 amide bonds. The van der Waals surface area contributed by atoms with Gasteiger partial charge in [0.2, 0.25) is 0 Å². The van der Waals surface area contributed by atoms with Crippen LogP contribution in [0.2, 0.25) is 0 Å². The van der Waals surface area contributed by atoms with Crippen LogP contribution in [0.25, 0.3) is 66.8 Å². The molecule has 7 aromatic rings. The van der Waals surface area contributed by atoms with Crippen molar-refractivity contribution in [3.63, 3.8) is 0 Å². The standard InChI is InChI=1S/C50H30/c1-5-35-19-27-41(28-20-35)47-45(39-15-11-9-12-16-39)49(43-31-23-37(7-3)24-32-43)50(44-33-25-38(8-4)26-34-44)46(40-17-13-10-14-18-40)48(47)42-29-21-36(6-2)22-30-42/h1-4,9-34H. The van der Waals surface area contributed by atoms with Gasteiger partial charge in [-0.2, -0.15) is 0 Å². The Morgan fingerprint density at radius 3 is 0.580 bits per heavy atom. The maximum absolute atomic E-state index is 5.84. The molecule has 50 heavy (non-hydrogen) atoms. The van der Waals surface area contributed by atoms with Crippen molar-refractivity contribution in [3.05, 3.63) is 180 Å². The van der Waals surface area contributed by atoms with Crippen LogP contribution in [0.3, 0.4) is 0 Å². The Morgan fingerprint density at radius 2 is 0.400 bits per heavy atom. The van der Waals surface area contributed by atoms with Crippen molar-refractivity contribution in [2.75, 3.05) is 0 Å². The molecule has 0 spiro atoms. The molecule has 7 rings (SSSR count). The molecular formula is C50H30. The van der Waals surface area contributed by atoms with Crippen molar-refractivity contribution in [3.8, 4) is 116 Å². The Kier molecular flexibility index (Phi) is 8.70. The SMILES string of the molecule is C#Cc1ccc(-c2c(-c3ccccc3)c(-c3ccc(C#C)cc3)c(-c3ccc(C#C)cc3)c(-c3ccccc3)c2-c2ccc(C#C)cc2)cc1. The Morgan fingerprint density at radius 1 is 0.220 bits per heavy atom. The fourth-order valence-corrected chi connectivity index (χ4v) is 6.62. The summed E-state index contributed by atoms with van der Waals surface area (Å²) in [7, 11) is 0. The van der Waals surface area contributed by atoms with Crippen LogP contribution < -0.4 is 0 Å². The van der Waals surface area contributed by atoms with Crippen molar-refractivity contribution in [2.24, 2.45) is 0 Å². The molecule has 0 aliphatic heterocycles. The molecule has 0 aliphatic rings. The molecule has 0 unspecified atom stereocenters. The fraction of sp³-hybridized carbons (Fsp3) is 0. The third-order valence-electron chi connectivity index (χ3n) is 8.99. The van der Waals surface area contributed by atoms with Crippen molar-refractivity contribution in [1.29, 1.82) is 0 Å². The summed E-state index contributed by atoms with van der Waals surface area (Å²) in [6.07, 6.45) is 23.4. The van der Waals surface area contributed by atoms with Gasteiger partial charge in [0.05, 0.1) is 0 Å². The van der Waals surface area contributed by atoms with Gasteiger partial charge >= 0.3 is 0 Å². The highest BCUT2D eigenvalue weighted by atomic mass is 14.3. The lowest BCUT2D eigenvalue weighted by Gasteiger charge is -2.29. The first-order chi connectivity index (χ1) is 24.6. The average Bonchev–Trinajstić information content (AvgIpc) is 3.20. The molecule has 0 heterocycles. The Bertz CT molecular complexity index is 2160. The maximum atomic E-state index is 5.84. The molecule has 0 radical (unpaired) electrons. The van der Waals surface area contributed by atoms with Crippen LogP contribution in [-0.4, -0.2) is 0 Å². The Hall–Kier alpha value is -7.22. The zero-order chi connectivity index (χ0) is 34.5. The van der Waals surface area contributed by atoms with Crippen molar-refractivity contribution in [1.82, 2.24) is 0 Å². The second-order valence-electron chi connectivity index (χ2n) is 11.9. The van der Waals surface area contributed by atoms with Gasteiger partial charge < -0.3 is 0 Å². The minimum Gasteiger partial charge on any atom is -0.115 e. The number of rotatable bonds is 6. The molecule has 0 fully saturated rings. The molecule has 0 aromatic heterocycles. The van der Waals surface area contributed by atoms with Crippen LogP contribution in [0.4, 0.5) is 0 Å². The molecule has 0 bridgehead atoms. The van der Waals surface area contributed by atoms with Crippen molar-refractivity contribution >= 4 is 0 Å². The van der Waals surface area contributed by atoms with E-state index in [0.717, 1.165) is 89.0 Å². The quantitative estimate of drug-likeness (QED) is 0.160. The van der Waals surface area contributed by atoms with Gasteiger partial charge in [-0.15, -0.1) is 25.7 Å². The minimum absolute atomic E-state index is 0.813. The third kappa shape index (κ3) is 5.88. The lowest BCUT2D eigenvalue weighted by Crippen LogP contribution is -2.02. The summed E-state index contributed by atoms with van der Waals surface area (Å²) in [4.78, 5) is 0. The highest BCUT2D eigenvalue weighted by Gasteiger charge is 2.29. The molecule has 0 saturated carbocycles. The predicted molar refractivity (Wildman–Crippen MR) is 211 cm³/mol. The maximum Gasteiger partial charge on any atom is 0.0243 e. The predicted octanol–water partition coefficient (Wildman–Crippen LogP) is 11.6. The average molecular weight is 631 g/mol. The van der Waals surface area contributed by atoms with Gasteiger partial charge in [-0.25, -0.2) is 0 Å². The van der Waals surface area contributed by atoms with Gasteiger partial charge in [-0.05, 0) is 115 Å². The smallest absolute Gasteiger partial charge is 0.0243 e. The summed E-state index contributed by atoms with van der Waals surface area (Å²) >= 11 is 0. The molecule has 0 aliphatic carbocycles. The lowest BCUT2D eigenvalue weighted by atomic mass is 9.74. The third-order valence-corrected chi connectivity index (χ3v) is 8.99. The van der Waals surface area contributed by atoms with Gasteiger partial charge in [0.25, 0.3) is 0 Å². The topological polar surface area (TPSA) is 0 Å². The van der Waals surface area contributed by atoms with Crippen molar-refractivity contribution in [2.45, 2.75) is 0 Å². The van der Waals surface area contributed by atoms with Crippen LogP contribution in [0.1, 0.15) is 22.3 Å². The van der Waals surface area contributed by atoms with Gasteiger partial charge in [0, 0.05) is 22.3 Å². The van der Waals surface area contributed by atoms with E-state index in [1.54, 1.807) is 0 Å². The number of hydrogen-bond acceptors (Lipinski definition) is 0. The van der Waals surface area contributed by atoms with E-state index < -0.39 is 0 Å². The summed E-state index contributed by atoms with van der Waals surface area (Å²) in [6.45, 7) is 0. The molecule has 230 valence electrons. The van der Waals surface area contributed by atoms with E-state index in [4.69, 9.17) is 25.7 Å². The first-order valence-corrected chi connectivity index (χ1v) is 16.3. The normalized spacial score (nSPS) is 10.3. The molecule has 0 nitrogen and oxygen atoms in total. The van der Waals surface area contributed by atoms with E-state index in [1.807, 2.05) is 60.7 Å². The number of hydrogen-bond donors (Lipinski definition) is 0.